The molecule has 0 radical (unpaired) electrons. The van der Waals surface area contributed by atoms with Crippen molar-refractivity contribution in [1.29, 1.82) is 0 Å². The lowest BCUT2D eigenvalue weighted by molar-refractivity contribution is -0.276. The van der Waals surface area contributed by atoms with Crippen molar-refractivity contribution in [1.82, 2.24) is 0 Å². The topological polar surface area (TPSA) is 35.5 Å². The highest BCUT2D eigenvalue weighted by atomic mass is 19.4. The molecule has 0 saturated heterocycles. The number of aryl methyl sites for hydroxylation is 1. The van der Waals surface area contributed by atoms with Gasteiger partial charge in [0.2, 0.25) is 5.75 Å². The van der Waals surface area contributed by atoms with Crippen LogP contribution in [0.2, 0.25) is 0 Å². The molecule has 0 bridgehead atoms. The Morgan fingerprint density at radius 1 is 1.00 bits per heavy atom. The Kier molecular flexibility index (Phi) is 6.24. The predicted molar refractivity (Wildman–Crippen MR) is 101 cm³/mol. The molecule has 30 heavy (non-hydrogen) atoms. The van der Waals surface area contributed by atoms with Gasteiger partial charge in [-0.2, -0.15) is 0 Å². The Hall–Kier alpha value is -3.16. The van der Waals surface area contributed by atoms with E-state index in [4.69, 9.17) is 4.74 Å². The average Bonchev–Trinajstić information content (AvgIpc) is 2.69. The maximum Gasteiger partial charge on any atom is 0.573 e. The molecular formula is C22H17F5O3. The maximum atomic E-state index is 14.3. The number of unbranched alkanes of at least 4 members (excludes halogenated alkanes) is 1. The SMILES string of the molecule is CCCCc1ccc(C(=O)Oc2ccc3c(F)c(OC(F)(F)F)c(F)cc3c2)cc1. The van der Waals surface area contributed by atoms with Gasteiger partial charge in [-0.25, -0.2) is 13.6 Å². The number of rotatable bonds is 6. The maximum absolute atomic E-state index is 14.3. The highest BCUT2D eigenvalue weighted by Crippen LogP contribution is 2.35. The third kappa shape index (κ3) is 5.06. The molecule has 0 unspecified atom stereocenters. The lowest BCUT2D eigenvalue weighted by Crippen LogP contribution is -2.19. The zero-order chi connectivity index (χ0) is 21.9. The molecule has 0 fully saturated rings. The van der Waals surface area contributed by atoms with Crippen LogP contribution in [0, 0.1) is 11.6 Å². The highest BCUT2D eigenvalue weighted by Gasteiger charge is 2.34. The minimum absolute atomic E-state index is 0.00847. The van der Waals surface area contributed by atoms with Crippen molar-refractivity contribution in [2.75, 3.05) is 0 Å². The van der Waals surface area contributed by atoms with Crippen molar-refractivity contribution < 1.29 is 36.2 Å². The Morgan fingerprint density at radius 3 is 2.33 bits per heavy atom. The molecule has 8 heteroatoms. The number of fused-ring (bicyclic) bond motifs is 1. The number of carbonyl (C=O) groups excluding carboxylic acids is 1. The summed E-state index contributed by atoms with van der Waals surface area (Å²) in [6, 6.07) is 11.0. The largest absolute Gasteiger partial charge is 0.573 e. The number of carbonyl (C=O) groups is 1. The van der Waals surface area contributed by atoms with E-state index in [-0.39, 0.29) is 16.5 Å². The quantitative estimate of drug-likeness (QED) is 0.255. The molecular weight excluding hydrogens is 407 g/mol. The summed E-state index contributed by atoms with van der Waals surface area (Å²) in [6.45, 7) is 2.08. The molecule has 0 heterocycles. The second-order valence-corrected chi connectivity index (χ2v) is 6.62. The van der Waals surface area contributed by atoms with Gasteiger partial charge in [0.1, 0.15) is 5.75 Å². The van der Waals surface area contributed by atoms with E-state index in [1.165, 1.54) is 6.07 Å². The minimum Gasteiger partial charge on any atom is -0.423 e. The second-order valence-electron chi connectivity index (χ2n) is 6.62. The lowest BCUT2D eigenvalue weighted by Gasteiger charge is -2.13. The van der Waals surface area contributed by atoms with Crippen molar-refractivity contribution in [2.24, 2.45) is 0 Å². The first kappa shape index (κ1) is 21.5. The van der Waals surface area contributed by atoms with E-state index in [0.717, 1.165) is 37.0 Å². The van der Waals surface area contributed by atoms with Gasteiger partial charge in [0, 0.05) is 5.39 Å². The molecule has 0 N–H and O–H groups in total. The molecule has 0 aliphatic carbocycles. The van der Waals surface area contributed by atoms with Gasteiger partial charge in [-0.3, -0.25) is 0 Å². The van der Waals surface area contributed by atoms with Gasteiger partial charge in [-0.15, -0.1) is 13.2 Å². The van der Waals surface area contributed by atoms with Crippen LogP contribution < -0.4 is 9.47 Å². The highest BCUT2D eigenvalue weighted by molar-refractivity contribution is 5.92. The molecule has 0 aliphatic rings. The molecule has 3 aromatic carbocycles. The van der Waals surface area contributed by atoms with Crippen LogP contribution in [-0.4, -0.2) is 12.3 Å². The van der Waals surface area contributed by atoms with Crippen molar-refractivity contribution in [2.45, 2.75) is 32.5 Å². The van der Waals surface area contributed by atoms with Gasteiger partial charge in [-0.05, 0) is 60.2 Å². The zero-order valence-electron chi connectivity index (χ0n) is 15.9. The van der Waals surface area contributed by atoms with E-state index in [1.54, 1.807) is 12.1 Å². The fourth-order valence-electron chi connectivity index (χ4n) is 2.92. The van der Waals surface area contributed by atoms with Crippen LogP contribution in [0.5, 0.6) is 11.5 Å². The standard InChI is InChI=1S/C22H17F5O3/c1-2-3-4-13-5-7-14(8-6-13)21(28)29-16-9-10-17-15(11-16)12-18(23)20(19(17)24)30-22(25,26)27/h5-12H,2-4H2,1H3. The first-order valence-corrected chi connectivity index (χ1v) is 9.16. The fraction of sp³-hybridized carbons (Fsp3) is 0.227. The van der Waals surface area contributed by atoms with Crippen molar-refractivity contribution in [3.05, 3.63) is 71.3 Å². The summed E-state index contributed by atoms with van der Waals surface area (Å²) < 4.78 is 73.9. The van der Waals surface area contributed by atoms with Gasteiger partial charge < -0.3 is 9.47 Å². The van der Waals surface area contributed by atoms with Crippen LogP contribution in [-0.2, 0) is 6.42 Å². The van der Waals surface area contributed by atoms with Crippen LogP contribution in [0.1, 0.15) is 35.7 Å². The fourth-order valence-corrected chi connectivity index (χ4v) is 2.92. The average molecular weight is 424 g/mol. The summed E-state index contributed by atoms with van der Waals surface area (Å²) in [7, 11) is 0. The predicted octanol–water partition coefficient (Wildman–Crippen LogP) is 6.58. The molecule has 3 aromatic rings. The van der Waals surface area contributed by atoms with E-state index in [9.17, 15) is 26.7 Å². The van der Waals surface area contributed by atoms with Crippen LogP contribution >= 0.6 is 0 Å². The van der Waals surface area contributed by atoms with Gasteiger partial charge in [0.15, 0.2) is 11.6 Å². The normalized spacial score (nSPS) is 11.5. The van der Waals surface area contributed by atoms with Crippen molar-refractivity contribution in [3.63, 3.8) is 0 Å². The Bertz CT molecular complexity index is 1060. The Morgan fingerprint density at radius 2 is 1.70 bits per heavy atom. The van der Waals surface area contributed by atoms with Gasteiger partial charge >= 0.3 is 12.3 Å². The number of esters is 1. The summed E-state index contributed by atoms with van der Waals surface area (Å²) in [5.41, 5.74) is 1.38. The minimum atomic E-state index is -5.24. The molecule has 158 valence electrons. The van der Waals surface area contributed by atoms with Crippen LogP contribution in [0.3, 0.4) is 0 Å². The molecule has 3 nitrogen and oxygen atoms in total. The van der Waals surface area contributed by atoms with Crippen molar-refractivity contribution >= 4 is 16.7 Å². The van der Waals surface area contributed by atoms with Gasteiger partial charge in [0.25, 0.3) is 0 Å². The number of halogens is 5. The van der Waals surface area contributed by atoms with E-state index >= 15 is 0 Å². The van der Waals surface area contributed by atoms with E-state index < -0.39 is 29.7 Å². The molecule has 0 saturated carbocycles. The monoisotopic (exact) mass is 424 g/mol. The lowest BCUT2D eigenvalue weighted by atomic mass is 10.1. The summed E-state index contributed by atoms with van der Waals surface area (Å²) in [5.74, 6) is -5.24. The van der Waals surface area contributed by atoms with Gasteiger partial charge in [-0.1, -0.05) is 25.5 Å². The number of hydrogen-bond donors (Lipinski definition) is 0. The molecule has 0 atom stereocenters. The molecule has 0 aromatic heterocycles. The number of benzene rings is 3. The summed E-state index contributed by atoms with van der Waals surface area (Å²) in [5, 5.41) is -0.393. The third-order valence-corrected chi connectivity index (χ3v) is 4.39. The summed E-state index contributed by atoms with van der Waals surface area (Å²) in [4.78, 5) is 12.3. The van der Waals surface area contributed by atoms with E-state index in [0.29, 0.717) is 11.6 Å². The smallest absolute Gasteiger partial charge is 0.423 e. The second kappa shape index (κ2) is 8.69. The Labute approximate surface area is 169 Å². The van der Waals surface area contributed by atoms with Gasteiger partial charge in [0.05, 0.1) is 5.56 Å². The number of hydrogen-bond acceptors (Lipinski definition) is 3. The molecule has 3 rings (SSSR count). The van der Waals surface area contributed by atoms with E-state index in [1.807, 2.05) is 12.1 Å². The number of alkyl halides is 3. The summed E-state index contributed by atoms with van der Waals surface area (Å²) >= 11 is 0. The third-order valence-electron chi connectivity index (χ3n) is 4.39. The number of ether oxygens (including phenoxy) is 2. The van der Waals surface area contributed by atoms with Crippen LogP contribution in [0.25, 0.3) is 10.8 Å². The molecule has 0 amide bonds. The van der Waals surface area contributed by atoms with Crippen LogP contribution in [0.15, 0.2) is 48.5 Å². The Balaban J connectivity index is 1.82. The first-order valence-electron chi connectivity index (χ1n) is 9.16. The molecule has 0 spiro atoms. The van der Waals surface area contributed by atoms with Crippen LogP contribution in [0.4, 0.5) is 22.0 Å². The molecule has 0 aliphatic heterocycles. The first-order chi connectivity index (χ1) is 14.2. The summed E-state index contributed by atoms with van der Waals surface area (Å²) in [6.07, 6.45) is -2.26. The zero-order valence-corrected chi connectivity index (χ0v) is 15.9. The van der Waals surface area contributed by atoms with Crippen molar-refractivity contribution in [3.8, 4) is 11.5 Å². The van der Waals surface area contributed by atoms with E-state index in [2.05, 4.69) is 11.7 Å².